The number of aryl methyl sites for hydroxylation is 1. The van der Waals surface area contributed by atoms with E-state index in [1.54, 1.807) is 31.2 Å². The number of nitro groups is 1. The fourth-order valence-electron chi connectivity index (χ4n) is 2.53. The molecule has 0 aliphatic carbocycles. The number of carbonyl (C=O) groups excluding carboxylic acids is 1. The predicted molar refractivity (Wildman–Crippen MR) is 97.7 cm³/mol. The fraction of sp³-hybridized carbons (Fsp3) is 0.0500. The molecule has 0 bridgehead atoms. The van der Waals surface area contributed by atoms with Gasteiger partial charge in [-0.2, -0.15) is 0 Å². The van der Waals surface area contributed by atoms with Crippen LogP contribution in [0.3, 0.4) is 0 Å². The first kappa shape index (κ1) is 16.4. The van der Waals surface area contributed by atoms with Crippen molar-refractivity contribution in [3.05, 3.63) is 94.0 Å². The van der Waals surface area contributed by atoms with Gasteiger partial charge in [-0.25, -0.2) is 0 Å². The van der Waals surface area contributed by atoms with E-state index < -0.39 is 4.92 Å². The first-order chi connectivity index (χ1) is 12.0. The Morgan fingerprint density at radius 2 is 1.56 bits per heavy atom. The molecule has 5 heteroatoms. The fourth-order valence-corrected chi connectivity index (χ4v) is 2.53. The minimum absolute atomic E-state index is 0.0165. The topological polar surface area (TPSA) is 72.2 Å². The zero-order chi connectivity index (χ0) is 17.8. The lowest BCUT2D eigenvalue weighted by atomic mass is 10.0. The number of rotatable bonds is 4. The van der Waals surface area contributed by atoms with E-state index in [1.165, 1.54) is 6.07 Å². The summed E-state index contributed by atoms with van der Waals surface area (Å²) in [6.07, 6.45) is 0. The number of hydrogen-bond donors (Lipinski definition) is 1. The molecule has 0 radical (unpaired) electrons. The maximum Gasteiger partial charge on any atom is 0.274 e. The van der Waals surface area contributed by atoms with Crippen LogP contribution >= 0.6 is 0 Å². The second-order valence-electron chi connectivity index (χ2n) is 5.66. The molecule has 5 nitrogen and oxygen atoms in total. The molecule has 124 valence electrons. The summed E-state index contributed by atoms with van der Waals surface area (Å²) in [5.41, 5.74) is 3.51. The molecule has 1 amide bonds. The number of anilines is 1. The summed E-state index contributed by atoms with van der Waals surface area (Å²) in [7, 11) is 0. The summed E-state index contributed by atoms with van der Waals surface area (Å²) in [4.78, 5) is 22.9. The zero-order valence-corrected chi connectivity index (χ0v) is 13.6. The van der Waals surface area contributed by atoms with E-state index in [0.29, 0.717) is 16.8 Å². The van der Waals surface area contributed by atoms with Crippen molar-refractivity contribution in [3.63, 3.8) is 0 Å². The molecular weight excluding hydrogens is 316 g/mol. The van der Waals surface area contributed by atoms with Gasteiger partial charge in [0.1, 0.15) is 0 Å². The summed E-state index contributed by atoms with van der Waals surface area (Å²) in [5, 5.41) is 13.7. The average molecular weight is 332 g/mol. The molecule has 0 spiro atoms. The van der Waals surface area contributed by atoms with E-state index in [9.17, 15) is 14.9 Å². The van der Waals surface area contributed by atoms with Gasteiger partial charge in [-0.05, 0) is 36.2 Å². The van der Waals surface area contributed by atoms with Gasteiger partial charge in [0.15, 0.2) is 0 Å². The molecule has 0 atom stereocenters. The lowest BCUT2D eigenvalue weighted by Crippen LogP contribution is -2.12. The molecule has 0 fully saturated rings. The Labute approximate surface area is 145 Å². The van der Waals surface area contributed by atoms with Crippen LogP contribution in [0.15, 0.2) is 72.8 Å². The maximum absolute atomic E-state index is 12.3. The standard InChI is InChI=1S/C20H16N2O3/c1-14-7-12-18(13-19(14)22(24)25)21-20(23)17-10-8-16(9-11-17)15-5-3-2-4-6-15/h2-13H,1H3,(H,21,23). The van der Waals surface area contributed by atoms with E-state index in [2.05, 4.69) is 5.32 Å². The Bertz CT molecular complexity index is 919. The third kappa shape index (κ3) is 3.72. The van der Waals surface area contributed by atoms with Gasteiger partial charge in [0.25, 0.3) is 11.6 Å². The van der Waals surface area contributed by atoms with Gasteiger partial charge in [0.2, 0.25) is 0 Å². The van der Waals surface area contributed by atoms with E-state index in [4.69, 9.17) is 0 Å². The molecule has 3 aromatic rings. The van der Waals surface area contributed by atoms with Crippen molar-refractivity contribution in [3.8, 4) is 11.1 Å². The van der Waals surface area contributed by atoms with Crippen LogP contribution in [0.2, 0.25) is 0 Å². The Hall–Kier alpha value is -3.47. The Morgan fingerprint density at radius 1 is 0.920 bits per heavy atom. The van der Waals surface area contributed by atoms with Crippen molar-refractivity contribution in [2.45, 2.75) is 6.92 Å². The summed E-state index contributed by atoms with van der Waals surface area (Å²) < 4.78 is 0. The normalized spacial score (nSPS) is 10.3. The highest BCUT2D eigenvalue weighted by Gasteiger charge is 2.13. The highest BCUT2D eigenvalue weighted by molar-refractivity contribution is 6.04. The molecule has 0 aliphatic heterocycles. The molecule has 0 heterocycles. The van der Waals surface area contributed by atoms with Crippen LogP contribution in [0.25, 0.3) is 11.1 Å². The van der Waals surface area contributed by atoms with Crippen molar-refractivity contribution >= 4 is 17.3 Å². The molecule has 25 heavy (non-hydrogen) atoms. The molecule has 0 saturated carbocycles. The first-order valence-corrected chi connectivity index (χ1v) is 7.76. The van der Waals surface area contributed by atoms with Crippen molar-refractivity contribution in [2.24, 2.45) is 0 Å². The number of benzene rings is 3. The second kappa shape index (κ2) is 6.97. The van der Waals surface area contributed by atoms with E-state index >= 15 is 0 Å². The minimum Gasteiger partial charge on any atom is -0.322 e. The number of nitrogens with one attached hydrogen (secondary N) is 1. The number of nitro benzene ring substituents is 1. The monoisotopic (exact) mass is 332 g/mol. The quantitative estimate of drug-likeness (QED) is 0.550. The van der Waals surface area contributed by atoms with E-state index in [0.717, 1.165) is 11.1 Å². The van der Waals surface area contributed by atoms with Crippen LogP contribution in [0.1, 0.15) is 15.9 Å². The molecule has 0 aliphatic rings. The van der Waals surface area contributed by atoms with Gasteiger partial charge >= 0.3 is 0 Å². The lowest BCUT2D eigenvalue weighted by Gasteiger charge is -2.07. The summed E-state index contributed by atoms with van der Waals surface area (Å²) >= 11 is 0. The third-order valence-electron chi connectivity index (χ3n) is 3.92. The number of carbonyl (C=O) groups is 1. The molecule has 3 aromatic carbocycles. The van der Waals surface area contributed by atoms with Crippen molar-refractivity contribution < 1.29 is 9.72 Å². The number of nitrogens with zero attached hydrogens (tertiary/aromatic N) is 1. The Kier molecular flexibility index (Phi) is 4.57. The van der Waals surface area contributed by atoms with Crippen molar-refractivity contribution in [1.29, 1.82) is 0 Å². The molecule has 0 unspecified atom stereocenters. The smallest absolute Gasteiger partial charge is 0.274 e. The van der Waals surface area contributed by atoms with Crippen LogP contribution in [0.4, 0.5) is 11.4 Å². The Morgan fingerprint density at radius 3 is 2.20 bits per heavy atom. The molecule has 1 N–H and O–H groups in total. The highest BCUT2D eigenvalue weighted by atomic mass is 16.6. The first-order valence-electron chi connectivity index (χ1n) is 7.76. The number of amides is 1. The molecule has 0 aromatic heterocycles. The SMILES string of the molecule is Cc1ccc(NC(=O)c2ccc(-c3ccccc3)cc2)cc1[N+](=O)[O-]. The van der Waals surface area contributed by atoms with Crippen LogP contribution in [-0.2, 0) is 0 Å². The number of hydrogen-bond acceptors (Lipinski definition) is 3. The van der Waals surface area contributed by atoms with Gasteiger partial charge in [-0.3, -0.25) is 14.9 Å². The van der Waals surface area contributed by atoms with Crippen LogP contribution in [0.5, 0.6) is 0 Å². The van der Waals surface area contributed by atoms with Crippen molar-refractivity contribution in [2.75, 3.05) is 5.32 Å². The summed E-state index contributed by atoms with van der Waals surface area (Å²) in [5.74, 6) is -0.308. The van der Waals surface area contributed by atoms with E-state index in [1.807, 2.05) is 42.5 Å². The zero-order valence-electron chi connectivity index (χ0n) is 13.6. The largest absolute Gasteiger partial charge is 0.322 e. The molecule has 3 rings (SSSR count). The van der Waals surface area contributed by atoms with E-state index in [-0.39, 0.29) is 11.6 Å². The Balaban J connectivity index is 1.78. The average Bonchev–Trinajstić information content (AvgIpc) is 2.64. The molecular formula is C20H16N2O3. The van der Waals surface area contributed by atoms with Gasteiger partial charge < -0.3 is 5.32 Å². The predicted octanol–water partition coefficient (Wildman–Crippen LogP) is 4.82. The third-order valence-corrected chi connectivity index (χ3v) is 3.92. The van der Waals surface area contributed by atoms with Gasteiger partial charge in [0, 0.05) is 22.9 Å². The second-order valence-corrected chi connectivity index (χ2v) is 5.66. The maximum atomic E-state index is 12.3. The van der Waals surface area contributed by atoms with Crippen molar-refractivity contribution in [1.82, 2.24) is 0 Å². The van der Waals surface area contributed by atoms with Crippen LogP contribution in [-0.4, -0.2) is 10.8 Å². The van der Waals surface area contributed by atoms with Gasteiger partial charge in [-0.1, -0.05) is 48.5 Å². The minimum atomic E-state index is -0.459. The summed E-state index contributed by atoms with van der Waals surface area (Å²) in [6, 6.07) is 21.7. The van der Waals surface area contributed by atoms with Crippen LogP contribution in [0, 0.1) is 17.0 Å². The van der Waals surface area contributed by atoms with Gasteiger partial charge in [0.05, 0.1) is 4.92 Å². The van der Waals surface area contributed by atoms with Crippen LogP contribution < -0.4 is 5.32 Å². The summed E-state index contributed by atoms with van der Waals surface area (Å²) in [6.45, 7) is 1.66. The van der Waals surface area contributed by atoms with Gasteiger partial charge in [-0.15, -0.1) is 0 Å². The lowest BCUT2D eigenvalue weighted by molar-refractivity contribution is -0.385. The molecule has 0 saturated heterocycles. The highest BCUT2D eigenvalue weighted by Crippen LogP contribution is 2.23.